The molecule has 2 heterocycles. The highest BCUT2D eigenvalue weighted by molar-refractivity contribution is 7.80. The van der Waals surface area contributed by atoms with E-state index in [9.17, 15) is 0 Å². The second kappa shape index (κ2) is 4.82. The molecule has 2 rings (SSSR count). The molecule has 1 saturated heterocycles. The Bertz CT molecular complexity index is 473. The molecule has 0 amide bonds. The lowest BCUT2D eigenvalue weighted by Gasteiger charge is -2.39. The molecule has 0 unspecified atom stereocenters. The molecule has 1 aromatic rings. The quantitative estimate of drug-likeness (QED) is 0.824. The van der Waals surface area contributed by atoms with E-state index < -0.39 is 0 Å². The van der Waals surface area contributed by atoms with Crippen molar-refractivity contribution in [2.24, 2.45) is 5.73 Å². The van der Waals surface area contributed by atoms with Crippen LogP contribution in [0.3, 0.4) is 0 Å². The van der Waals surface area contributed by atoms with Gasteiger partial charge in [-0.2, -0.15) is 0 Å². The van der Waals surface area contributed by atoms with Gasteiger partial charge in [-0.1, -0.05) is 12.2 Å². The first-order valence-corrected chi connectivity index (χ1v) is 6.46. The Kier molecular flexibility index (Phi) is 3.54. The van der Waals surface area contributed by atoms with Gasteiger partial charge in [0.25, 0.3) is 0 Å². The van der Waals surface area contributed by atoms with Crippen molar-refractivity contribution in [1.82, 2.24) is 4.98 Å². The first-order valence-electron chi connectivity index (χ1n) is 6.05. The highest BCUT2D eigenvalue weighted by Crippen LogP contribution is 2.22. The molecule has 1 aliphatic rings. The van der Waals surface area contributed by atoms with Crippen molar-refractivity contribution in [1.29, 1.82) is 0 Å². The van der Waals surface area contributed by atoms with Crippen molar-refractivity contribution in [3.8, 4) is 0 Å². The van der Waals surface area contributed by atoms with Crippen molar-refractivity contribution >= 4 is 23.0 Å². The molecule has 98 valence electrons. The van der Waals surface area contributed by atoms with Gasteiger partial charge >= 0.3 is 0 Å². The van der Waals surface area contributed by atoms with E-state index in [-0.39, 0.29) is 5.60 Å². The largest absolute Gasteiger partial charge is 0.389 e. The molecule has 0 radical (unpaired) electrons. The van der Waals surface area contributed by atoms with Gasteiger partial charge in [-0.05, 0) is 32.9 Å². The Balaban J connectivity index is 2.30. The summed E-state index contributed by atoms with van der Waals surface area (Å²) in [6.45, 7) is 8.51. The van der Waals surface area contributed by atoms with Gasteiger partial charge in [0.2, 0.25) is 0 Å². The Morgan fingerprint density at radius 1 is 1.50 bits per heavy atom. The fourth-order valence-corrected chi connectivity index (χ4v) is 2.29. The minimum atomic E-state index is -0.146. The molecular formula is C13H19N3OS. The summed E-state index contributed by atoms with van der Waals surface area (Å²) in [5.41, 5.74) is 7.35. The van der Waals surface area contributed by atoms with Gasteiger partial charge < -0.3 is 15.4 Å². The number of thiocarbonyl (C=S) groups is 1. The van der Waals surface area contributed by atoms with Gasteiger partial charge in [-0.3, -0.25) is 0 Å². The number of morpholine rings is 1. The van der Waals surface area contributed by atoms with Gasteiger partial charge in [-0.15, -0.1) is 0 Å². The van der Waals surface area contributed by atoms with Crippen LogP contribution in [0, 0.1) is 6.92 Å². The van der Waals surface area contributed by atoms with E-state index in [2.05, 4.69) is 23.7 Å². The number of anilines is 1. The first-order chi connectivity index (χ1) is 8.37. The second-order valence-corrected chi connectivity index (χ2v) is 5.69. The van der Waals surface area contributed by atoms with Crippen LogP contribution < -0.4 is 10.6 Å². The maximum absolute atomic E-state index is 5.71. The van der Waals surface area contributed by atoms with Crippen LogP contribution in [0.4, 0.5) is 5.82 Å². The smallest absolute Gasteiger partial charge is 0.129 e. The Hall–Kier alpha value is -1.20. The average Bonchev–Trinajstić information content (AvgIpc) is 2.26. The molecule has 0 aliphatic carbocycles. The third kappa shape index (κ3) is 2.97. The van der Waals surface area contributed by atoms with Gasteiger partial charge in [0.15, 0.2) is 0 Å². The molecule has 0 atom stereocenters. The van der Waals surface area contributed by atoms with Crippen molar-refractivity contribution in [3.63, 3.8) is 0 Å². The van der Waals surface area contributed by atoms with Crippen molar-refractivity contribution < 1.29 is 4.74 Å². The number of aromatic nitrogens is 1. The zero-order valence-electron chi connectivity index (χ0n) is 11.1. The maximum atomic E-state index is 5.71. The van der Waals surface area contributed by atoms with E-state index in [4.69, 9.17) is 22.7 Å². The monoisotopic (exact) mass is 265 g/mol. The van der Waals surface area contributed by atoms with E-state index in [1.54, 1.807) is 0 Å². The third-order valence-corrected chi connectivity index (χ3v) is 3.21. The van der Waals surface area contributed by atoms with E-state index in [1.807, 2.05) is 19.1 Å². The number of hydrogen-bond acceptors (Lipinski definition) is 4. The SMILES string of the molecule is Cc1cc(C(N)=S)cc(N2CCOC(C)(C)C2)n1. The number of nitrogens with zero attached hydrogens (tertiary/aromatic N) is 2. The minimum Gasteiger partial charge on any atom is -0.389 e. The summed E-state index contributed by atoms with van der Waals surface area (Å²) in [4.78, 5) is 7.19. The van der Waals surface area contributed by atoms with Crippen LogP contribution in [-0.2, 0) is 4.74 Å². The van der Waals surface area contributed by atoms with Crippen LogP contribution in [0.2, 0.25) is 0 Å². The summed E-state index contributed by atoms with van der Waals surface area (Å²) < 4.78 is 5.71. The third-order valence-electron chi connectivity index (χ3n) is 2.97. The van der Waals surface area contributed by atoms with Gasteiger partial charge in [0.05, 0.1) is 12.2 Å². The van der Waals surface area contributed by atoms with Crippen molar-refractivity contribution in [2.45, 2.75) is 26.4 Å². The average molecular weight is 265 g/mol. The van der Waals surface area contributed by atoms with E-state index in [0.29, 0.717) is 11.6 Å². The molecule has 5 heteroatoms. The van der Waals surface area contributed by atoms with E-state index >= 15 is 0 Å². The van der Waals surface area contributed by atoms with Crippen LogP contribution in [0.1, 0.15) is 25.1 Å². The van der Waals surface area contributed by atoms with E-state index in [0.717, 1.165) is 30.2 Å². The lowest BCUT2D eigenvalue weighted by molar-refractivity contribution is -0.0279. The van der Waals surface area contributed by atoms with Gasteiger partial charge in [0.1, 0.15) is 10.8 Å². The number of hydrogen-bond donors (Lipinski definition) is 1. The normalized spacial score (nSPS) is 18.7. The first kappa shape index (κ1) is 13.2. The molecule has 0 spiro atoms. The van der Waals surface area contributed by atoms with Crippen LogP contribution in [-0.4, -0.2) is 35.3 Å². The van der Waals surface area contributed by atoms with Crippen LogP contribution in [0.15, 0.2) is 12.1 Å². The second-order valence-electron chi connectivity index (χ2n) is 5.25. The molecule has 0 saturated carbocycles. The number of pyridine rings is 1. The Morgan fingerprint density at radius 3 is 2.83 bits per heavy atom. The Morgan fingerprint density at radius 2 is 2.22 bits per heavy atom. The van der Waals surface area contributed by atoms with Crippen LogP contribution >= 0.6 is 12.2 Å². The highest BCUT2D eigenvalue weighted by atomic mass is 32.1. The lowest BCUT2D eigenvalue weighted by atomic mass is 10.1. The zero-order valence-corrected chi connectivity index (χ0v) is 11.9. The molecule has 2 N–H and O–H groups in total. The molecule has 0 bridgehead atoms. The lowest BCUT2D eigenvalue weighted by Crippen LogP contribution is -2.48. The van der Waals surface area contributed by atoms with E-state index in [1.165, 1.54) is 0 Å². The van der Waals surface area contributed by atoms with Gasteiger partial charge in [0, 0.05) is 24.3 Å². The molecule has 0 aromatic carbocycles. The summed E-state index contributed by atoms with van der Waals surface area (Å²) in [6.07, 6.45) is 0. The highest BCUT2D eigenvalue weighted by Gasteiger charge is 2.28. The summed E-state index contributed by atoms with van der Waals surface area (Å²) >= 11 is 5.03. The van der Waals surface area contributed by atoms with Crippen LogP contribution in [0.25, 0.3) is 0 Å². The summed E-state index contributed by atoms with van der Waals surface area (Å²) in [7, 11) is 0. The summed E-state index contributed by atoms with van der Waals surface area (Å²) in [6, 6.07) is 3.87. The van der Waals surface area contributed by atoms with Crippen molar-refractivity contribution in [3.05, 3.63) is 23.4 Å². The summed E-state index contributed by atoms with van der Waals surface area (Å²) in [5, 5.41) is 0. The molecule has 18 heavy (non-hydrogen) atoms. The van der Waals surface area contributed by atoms with Crippen LogP contribution in [0.5, 0.6) is 0 Å². The predicted octanol–water partition coefficient (Wildman–Crippen LogP) is 1.64. The topological polar surface area (TPSA) is 51.4 Å². The fourth-order valence-electron chi connectivity index (χ4n) is 2.17. The summed E-state index contributed by atoms with van der Waals surface area (Å²) in [5.74, 6) is 0.925. The molecule has 1 fully saturated rings. The minimum absolute atomic E-state index is 0.146. The maximum Gasteiger partial charge on any atom is 0.129 e. The molecule has 1 aliphatic heterocycles. The van der Waals surface area contributed by atoms with Crippen molar-refractivity contribution in [2.75, 3.05) is 24.6 Å². The fraction of sp³-hybridized carbons (Fsp3) is 0.538. The zero-order chi connectivity index (χ0) is 13.3. The number of rotatable bonds is 2. The Labute approximate surface area is 113 Å². The molecule has 4 nitrogen and oxygen atoms in total. The standard InChI is InChI=1S/C13H19N3OS/c1-9-6-10(12(14)18)7-11(15-9)16-4-5-17-13(2,3)8-16/h6-7H,4-5,8H2,1-3H3,(H2,14,18). The number of nitrogens with two attached hydrogens (primary N) is 1. The number of ether oxygens (including phenoxy) is 1. The number of aryl methyl sites for hydroxylation is 1. The van der Waals surface area contributed by atoms with Gasteiger partial charge in [-0.25, -0.2) is 4.98 Å². The molecular weight excluding hydrogens is 246 g/mol. The predicted molar refractivity (Wildman–Crippen MR) is 77.1 cm³/mol. The molecule has 1 aromatic heterocycles.